The fourth-order valence-electron chi connectivity index (χ4n) is 2.62. The minimum Gasteiger partial charge on any atom is -0.470 e. The third-order valence-corrected chi connectivity index (χ3v) is 4.55. The normalized spacial score (nSPS) is 17.4. The number of ether oxygens (including phenoxy) is 1. The number of carbonyl (C=O) groups is 1. The van der Waals surface area contributed by atoms with E-state index in [9.17, 15) is 4.79 Å². The number of thiophene rings is 1. The maximum atomic E-state index is 12.4. The lowest BCUT2D eigenvalue weighted by Crippen LogP contribution is -2.46. The fourth-order valence-corrected chi connectivity index (χ4v) is 3.23. The highest BCUT2D eigenvalue weighted by molar-refractivity contribution is 7.14. The summed E-state index contributed by atoms with van der Waals surface area (Å²) in [5.74, 6) is 1.20. The summed E-state index contributed by atoms with van der Waals surface area (Å²) in [6, 6.07) is 3.72. The van der Waals surface area contributed by atoms with Crippen molar-refractivity contribution in [3.8, 4) is 5.88 Å². The molecule has 0 aromatic carbocycles. The zero-order chi connectivity index (χ0) is 16.9. The first kappa shape index (κ1) is 16.5. The van der Waals surface area contributed by atoms with Gasteiger partial charge in [-0.05, 0) is 30.4 Å². The molecule has 0 bridgehead atoms. The van der Waals surface area contributed by atoms with Crippen LogP contribution >= 0.6 is 11.3 Å². The minimum absolute atomic E-state index is 0.0803. The van der Waals surface area contributed by atoms with Crippen molar-refractivity contribution < 1.29 is 9.53 Å². The van der Waals surface area contributed by atoms with Gasteiger partial charge in [-0.25, -0.2) is 14.8 Å². The lowest BCUT2D eigenvalue weighted by Gasteiger charge is -2.32. The molecule has 1 aliphatic rings. The smallest absolute Gasteiger partial charge is 0.322 e. The van der Waals surface area contributed by atoms with Crippen molar-refractivity contribution in [1.29, 1.82) is 0 Å². The van der Waals surface area contributed by atoms with Gasteiger partial charge in [0.05, 0.1) is 11.5 Å². The summed E-state index contributed by atoms with van der Waals surface area (Å²) in [5, 5.41) is 5.71. The van der Waals surface area contributed by atoms with Crippen LogP contribution in [0.5, 0.6) is 5.88 Å². The Morgan fingerprint density at radius 2 is 2.25 bits per heavy atom. The van der Waals surface area contributed by atoms with Gasteiger partial charge in [-0.15, -0.1) is 11.3 Å². The monoisotopic (exact) mass is 347 g/mol. The Kier molecular flexibility index (Phi) is 5.14. The molecule has 7 nitrogen and oxygen atoms in total. The number of hydrogen-bond acceptors (Lipinski definition) is 6. The Morgan fingerprint density at radius 3 is 3.00 bits per heavy atom. The van der Waals surface area contributed by atoms with E-state index in [0.29, 0.717) is 18.2 Å². The van der Waals surface area contributed by atoms with Crippen molar-refractivity contribution >= 4 is 28.2 Å². The van der Waals surface area contributed by atoms with Crippen molar-refractivity contribution in [2.24, 2.45) is 0 Å². The van der Waals surface area contributed by atoms with Crippen LogP contribution in [0.25, 0.3) is 0 Å². The van der Waals surface area contributed by atoms with Gasteiger partial charge < -0.3 is 14.5 Å². The Hall–Kier alpha value is -2.35. The minimum atomic E-state index is -0.0854. The van der Waals surface area contributed by atoms with Crippen LogP contribution in [0.3, 0.4) is 0 Å². The third kappa shape index (κ3) is 3.94. The van der Waals surface area contributed by atoms with E-state index in [1.807, 2.05) is 36.5 Å². The summed E-state index contributed by atoms with van der Waals surface area (Å²) in [7, 11) is 3.80. The Labute approximate surface area is 145 Å². The first-order valence-electron chi connectivity index (χ1n) is 7.88. The molecular weight excluding hydrogens is 326 g/mol. The van der Waals surface area contributed by atoms with Gasteiger partial charge >= 0.3 is 6.03 Å². The number of anilines is 2. The second-order valence-corrected chi connectivity index (χ2v) is 6.76. The Bertz CT molecular complexity index is 677. The van der Waals surface area contributed by atoms with Crippen LogP contribution in [0, 0.1) is 0 Å². The van der Waals surface area contributed by atoms with E-state index in [-0.39, 0.29) is 12.1 Å². The van der Waals surface area contributed by atoms with Gasteiger partial charge in [-0.2, -0.15) is 0 Å². The first-order valence-corrected chi connectivity index (χ1v) is 8.76. The zero-order valence-electron chi connectivity index (χ0n) is 13.8. The molecule has 0 radical (unpaired) electrons. The maximum Gasteiger partial charge on any atom is 0.322 e. The predicted octanol–water partition coefficient (Wildman–Crippen LogP) is 2.68. The number of hydrogen-bond donors (Lipinski definition) is 1. The van der Waals surface area contributed by atoms with Crippen molar-refractivity contribution in [2.45, 2.75) is 18.9 Å². The molecule has 1 N–H and O–H groups in total. The molecule has 1 atom stereocenters. The average molecular weight is 347 g/mol. The maximum absolute atomic E-state index is 12.4. The van der Waals surface area contributed by atoms with Gasteiger partial charge in [0.1, 0.15) is 6.10 Å². The van der Waals surface area contributed by atoms with Crippen LogP contribution in [0.1, 0.15) is 12.8 Å². The van der Waals surface area contributed by atoms with Crippen LogP contribution in [-0.4, -0.2) is 54.2 Å². The Balaban J connectivity index is 1.62. The number of amides is 2. The lowest BCUT2D eigenvalue weighted by atomic mass is 10.1. The van der Waals surface area contributed by atoms with Crippen LogP contribution in [0.15, 0.2) is 29.9 Å². The largest absolute Gasteiger partial charge is 0.470 e. The second-order valence-electron chi connectivity index (χ2n) is 5.82. The highest BCUT2D eigenvalue weighted by Gasteiger charge is 2.26. The van der Waals surface area contributed by atoms with E-state index in [1.165, 1.54) is 11.3 Å². The summed E-state index contributed by atoms with van der Waals surface area (Å²) < 4.78 is 6.03. The quantitative estimate of drug-likeness (QED) is 0.921. The molecule has 8 heteroatoms. The third-order valence-electron chi connectivity index (χ3n) is 3.77. The van der Waals surface area contributed by atoms with E-state index in [0.717, 1.165) is 24.4 Å². The molecule has 3 rings (SSSR count). The SMILES string of the molecule is CN(C)c1nccnc1OC1CCCN(C(=O)Nc2cccs2)C1. The van der Waals surface area contributed by atoms with Gasteiger partial charge in [0.2, 0.25) is 0 Å². The molecule has 3 heterocycles. The lowest BCUT2D eigenvalue weighted by molar-refractivity contribution is 0.103. The highest BCUT2D eigenvalue weighted by Crippen LogP contribution is 2.24. The standard InChI is InChI=1S/C16H21N5O2S/c1-20(2)14-15(18-8-7-17-14)23-12-5-3-9-21(11-12)16(22)19-13-6-4-10-24-13/h4,6-8,10,12H,3,5,9,11H2,1-2H3,(H,19,22). The number of carbonyl (C=O) groups excluding carboxylic acids is 1. The van der Waals surface area contributed by atoms with Gasteiger partial charge in [0.15, 0.2) is 5.82 Å². The Morgan fingerprint density at radius 1 is 1.42 bits per heavy atom. The molecule has 1 saturated heterocycles. The van der Waals surface area contributed by atoms with E-state index in [4.69, 9.17) is 4.74 Å². The molecular formula is C16H21N5O2S. The summed E-state index contributed by atoms with van der Waals surface area (Å²) >= 11 is 1.51. The van der Waals surface area contributed by atoms with E-state index in [1.54, 1.807) is 17.3 Å². The molecule has 2 amide bonds. The van der Waals surface area contributed by atoms with Crippen molar-refractivity contribution in [3.05, 3.63) is 29.9 Å². The number of piperidine rings is 1. The molecule has 1 aliphatic heterocycles. The number of aromatic nitrogens is 2. The van der Waals surface area contributed by atoms with Crippen LogP contribution in [0.4, 0.5) is 15.6 Å². The average Bonchev–Trinajstić information content (AvgIpc) is 3.08. The van der Waals surface area contributed by atoms with Gasteiger partial charge in [0, 0.05) is 33.0 Å². The van der Waals surface area contributed by atoms with Crippen molar-refractivity contribution in [1.82, 2.24) is 14.9 Å². The summed E-state index contributed by atoms with van der Waals surface area (Å²) in [6.45, 7) is 1.28. The molecule has 1 unspecified atom stereocenters. The van der Waals surface area contributed by atoms with Crippen LogP contribution < -0.4 is 15.0 Å². The molecule has 0 saturated carbocycles. The number of urea groups is 1. The zero-order valence-corrected chi connectivity index (χ0v) is 14.6. The molecule has 2 aromatic heterocycles. The predicted molar refractivity (Wildman–Crippen MR) is 94.9 cm³/mol. The number of nitrogens with one attached hydrogen (secondary N) is 1. The highest BCUT2D eigenvalue weighted by atomic mass is 32.1. The topological polar surface area (TPSA) is 70.6 Å². The number of likely N-dealkylation sites (tertiary alicyclic amines) is 1. The van der Waals surface area contributed by atoms with Crippen LogP contribution in [-0.2, 0) is 0 Å². The van der Waals surface area contributed by atoms with Crippen LogP contribution in [0.2, 0.25) is 0 Å². The first-order chi connectivity index (χ1) is 11.6. The molecule has 0 aliphatic carbocycles. The van der Waals surface area contributed by atoms with E-state index < -0.39 is 0 Å². The molecule has 1 fully saturated rings. The summed E-state index contributed by atoms with van der Waals surface area (Å²) in [6.07, 6.45) is 4.98. The summed E-state index contributed by atoms with van der Waals surface area (Å²) in [5.41, 5.74) is 0. The van der Waals surface area contributed by atoms with Gasteiger partial charge in [0.25, 0.3) is 5.88 Å². The van der Waals surface area contributed by atoms with Gasteiger partial charge in [-0.3, -0.25) is 5.32 Å². The number of nitrogens with zero attached hydrogens (tertiary/aromatic N) is 4. The fraction of sp³-hybridized carbons (Fsp3) is 0.438. The molecule has 2 aromatic rings. The molecule has 0 spiro atoms. The second kappa shape index (κ2) is 7.48. The van der Waals surface area contributed by atoms with Crippen molar-refractivity contribution in [2.75, 3.05) is 37.4 Å². The van der Waals surface area contributed by atoms with Crippen molar-refractivity contribution in [3.63, 3.8) is 0 Å². The van der Waals surface area contributed by atoms with Gasteiger partial charge in [-0.1, -0.05) is 0 Å². The van der Waals surface area contributed by atoms with E-state index >= 15 is 0 Å². The molecule has 24 heavy (non-hydrogen) atoms. The number of rotatable bonds is 4. The van der Waals surface area contributed by atoms with E-state index in [2.05, 4.69) is 15.3 Å². The summed E-state index contributed by atoms with van der Waals surface area (Å²) in [4.78, 5) is 24.6. The molecule has 128 valence electrons.